The molecule has 0 bridgehead atoms. The first kappa shape index (κ1) is 27.0. The monoisotopic (exact) mass is 526 g/mol. The highest BCUT2D eigenvalue weighted by Crippen LogP contribution is 2.24. The van der Waals surface area contributed by atoms with E-state index in [2.05, 4.69) is 48.4 Å². The van der Waals surface area contributed by atoms with Crippen LogP contribution in [0.1, 0.15) is 29.2 Å². The number of rotatable bonds is 9. The molecule has 0 saturated carbocycles. The maximum Gasteiger partial charge on any atom is 0.271 e. The van der Waals surface area contributed by atoms with E-state index in [9.17, 15) is 14.9 Å². The summed E-state index contributed by atoms with van der Waals surface area (Å²) < 4.78 is 0. The summed E-state index contributed by atoms with van der Waals surface area (Å²) >= 11 is 0. The predicted molar refractivity (Wildman–Crippen MR) is 153 cm³/mol. The number of nitrogens with one attached hydrogen (secondary N) is 4. The number of aromatic nitrogens is 3. The maximum absolute atomic E-state index is 12.9. The Kier molecular flexibility index (Phi) is 7.99. The molecule has 1 heterocycles. The number of hydrogen-bond acceptors (Lipinski definition) is 9. The molecule has 1 amide bonds. The third-order valence-corrected chi connectivity index (χ3v) is 5.96. The minimum absolute atomic E-state index is 0.116. The zero-order valence-corrected chi connectivity index (χ0v) is 22.4. The van der Waals surface area contributed by atoms with Gasteiger partial charge in [-0.3, -0.25) is 14.9 Å². The molecule has 0 saturated heterocycles. The minimum atomic E-state index is -0.769. The lowest BCUT2D eigenvalue weighted by Gasteiger charge is -2.17. The molecule has 3 aromatic carbocycles. The molecular formula is C28H30N8O3. The van der Waals surface area contributed by atoms with E-state index in [1.165, 1.54) is 18.2 Å². The van der Waals surface area contributed by atoms with Crippen molar-refractivity contribution < 1.29 is 9.72 Å². The average Bonchev–Trinajstić information content (AvgIpc) is 2.87. The van der Waals surface area contributed by atoms with Crippen LogP contribution in [0.3, 0.4) is 0 Å². The molecular weight excluding hydrogens is 496 g/mol. The number of carbonyl (C=O) groups is 1. The second-order valence-corrected chi connectivity index (χ2v) is 9.36. The van der Waals surface area contributed by atoms with Crippen LogP contribution in [0, 0.1) is 37.8 Å². The van der Waals surface area contributed by atoms with Crippen molar-refractivity contribution in [2.75, 3.05) is 21.3 Å². The third-order valence-electron chi connectivity index (χ3n) is 5.96. The van der Waals surface area contributed by atoms with Crippen molar-refractivity contribution in [3.8, 4) is 0 Å². The van der Waals surface area contributed by atoms with Crippen LogP contribution in [-0.2, 0) is 4.79 Å². The Hall–Kier alpha value is -5.06. The number of nitro benzene ring substituents is 1. The number of aryl methyl sites for hydroxylation is 4. The molecule has 0 aliphatic carbocycles. The topological polar surface area (TPSA) is 147 Å². The van der Waals surface area contributed by atoms with Crippen LogP contribution in [0.2, 0.25) is 0 Å². The predicted octanol–water partition coefficient (Wildman–Crippen LogP) is 5.94. The highest BCUT2D eigenvalue weighted by Gasteiger charge is 2.18. The molecule has 0 radical (unpaired) electrons. The van der Waals surface area contributed by atoms with Gasteiger partial charge in [-0.25, -0.2) is 0 Å². The zero-order chi connectivity index (χ0) is 28.1. The fraction of sp³-hybridized carbons (Fsp3) is 0.214. The summed E-state index contributed by atoms with van der Waals surface area (Å²) in [5, 5.41) is 23.2. The summed E-state index contributed by atoms with van der Waals surface area (Å²) in [6, 6.07) is 17.0. The van der Waals surface area contributed by atoms with Gasteiger partial charge >= 0.3 is 0 Å². The van der Waals surface area contributed by atoms with Gasteiger partial charge in [-0.05, 0) is 63.9 Å². The van der Waals surface area contributed by atoms with E-state index in [0.717, 1.165) is 33.6 Å². The Bertz CT molecular complexity index is 1470. The van der Waals surface area contributed by atoms with E-state index >= 15 is 0 Å². The van der Waals surface area contributed by atoms with Gasteiger partial charge in [0.25, 0.3) is 5.69 Å². The quantitative estimate of drug-likeness (QED) is 0.154. The lowest BCUT2D eigenvalue weighted by Crippen LogP contribution is -2.32. The van der Waals surface area contributed by atoms with Crippen molar-refractivity contribution in [3.63, 3.8) is 0 Å². The van der Waals surface area contributed by atoms with Gasteiger partial charge in [0, 0.05) is 29.2 Å². The Morgan fingerprint density at radius 2 is 1.33 bits per heavy atom. The smallest absolute Gasteiger partial charge is 0.271 e. The molecule has 4 rings (SSSR count). The first-order chi connectivity index (χ1) is 18.6. The SMILES string of the molecule is Cc1ccc(Nc2nc(Nc3ccc(C)cc3C)nc(N[C@H](C)C(=O)Nc3cccc([N+](=O)[O-])c3)n2)c(C)c1. The molecule has 0 aliphatic heterocycles. The summed E-state index contributed by atoms with van der Waals surface area (Å²) in [5.74, 6) is 0.339. The standard InChI is InChI=1S/C28H30N8O3/c1-16-9-11-23(18(3)13-16)31-27-33-26(34-28(35-27)32-24-12-10-17(2)14-19(24)4)29-20(5)25(37)30-21-7-6-8-22(15-21)36(38)39/h6-15,20H,1-5H3,(H,30,37)(H3,29,31,32,33,34,35)/t20-/m1/s1. The number of nitrogens with zero attached hydrogens (tertiary/aromatic N) is 4. The van der Waals surface area contributed by atoms with E-state index in [1.807, 2.05) is 52.0 Å². The molecule has 200 valence electrons. The normalized spacial score (nSPS) is 11.4. The zero-order valence-electron chi connectivity index (χ0n) is 22.4. The highest BCUT2D eigenvalue weighted by molar-refractivity contribution is 5.96. The Morgan fingerprint density at radius 3 is 1.85 bits per heavy atom. The fourth-order valence-electron chi connectivity index (χ4n) is 3.91. The maximum atomic E-state index is 12.9. The number of carbonyl (C=O) groups excluding carboxylic acids is 1. The van der Waals surface area contributed by atoms with Crippen LogP contribution in [-0.4, -0.2) is 31.8 Å². The van der Waals surface area contributed by atoms with E-state index in [-0.39, 0.29) is 23.5 Å². The van der Waals surface area contributed by atoms with Crippen LogP contribution in [0.15, 0.2) is 60.7 Å². The van der Waals surface area contributed by atoms with Gasteiger partial charge in [0.1, 0.15) is 6.04 Å². The molecule has 39 heavy (non-hydrogen) atoms. The van der Waals surface area contributed by atoms with Crippen molar-refractivity contribution in [1.29, 1.82) is 0 Å². The summed E-state index contributed by atoms with van der Waals surface area (Å²) in [6.07, 6.45) is 0. The van der Waals surface area contributed by atoms with Crippen LogP contribution < -0.4 is 21.3 Å². The van der Waals surface area contributed by atoms with E-state index in [0.29, 0.717) is 5.69 Å². The summed E-state index contributed by atoms with van der Waals surface area (Å²) in [7, 11) is 0. The molecule has 4 N–H and O–H groups in total. The van der Waals surface area contributed by atoms with Gasteiger partial charge in [-0.2, -0.15) is 15.0 Å². The van der Waals surface area contributed by atoms with E-state index < -0.39 is 16.9 Å². The first-order valence-electron chi connectivity index (χ1n) is 12.3. The van der Waals surface area contributed by atoms with Gasteiger partial charge in [0.15, 0.2) is 0 Å². The highest BCUT2D eigenvalue weighted by atomic mass is 16.6. The van der Waals surface area contributed by atoms with Crippen LogP contribution in [0.25, 0.3) is 0 Å². The van der Waals surface area contributed by atoms with Crippen molar-refractivity contribution in [2.45, 2.75) is 40.7 Å². The minimum Gasteiger partial charge on any atom is -0.342 e. The largest absolute Gasteiger partial charge is 0.342 e. The molecule has 0 unspecified atom stereocenters. The average molecular weight is 527 g/mol. The second kappa shape index (κ2) is 11.5. The van der Waals surface area contributed by atoms with Crippen molar-refractivity contribution in [2.24, 2.45) is 0 Å². The Balaban J connectivity index is 1.59. The van der Waals surface area contributed by atoms with Gasteiger partial charge in [0.2, 0.25) is 23.8 Å². The molecule has 4 aromatic rings. The van der Waals surface area contributed by atoms with Crippen molar-refractivity contribution >= 4 is 46.5 Å². The number of nitro groups is 1. The molecule has 0 spiro atoms. The fourth-order valence-corrected chi connectivity index (χ4v) is 3.91. The first-order valence-corrected chi connectivity index (χ1v) is 12.3. The van der Waals surface area contributed by atoms with Crippen LogP contribution in [0.5, 0.6) is 0 Å². The lowest BCUT2D eigenvalue weighted by atomic mass is 10.1. The molecule has 11 nitrogen and oxygen atoms in total. The van der Waals surface area contributed by atoms with Gasteiger partial charge in [-0.1, -0.05) is 41.5 Å². The van der Waals surface area contributed by atoms with Crippen LogP contribution >= 0.6 is 0 Å². The van der Waals surface area contributed by atoms with E-state index in [4.69, 9.17) is 0 Å². The number of amides is 1. The van der Waals surface area contributed by atoms with Crippen molar-refractivity contribution in [3.05, 3.63) is 93.0 Å². The second-order valence-electron chi connectivity index (χ2n) is 9.36. The van der Waals surface area contributed by atoms with Gasteiger partial charge < -0.3 is 21.3 Å². The number of benzene rings is 3. The summed E-state index contributed by atoms with van der Waals surface area (Å²) in [5.41, 5.74) is 6.20. The van der Waals surface area contributed by atoms with Crippen LogP contribution in [0.4, 0.5) is 40.6 Å². The Labute approximate surface area is 226 Å². The molecule has 11 heteroatoms. The molecule has 1 aromatic heterocycles. The summed E-state index contributed by atoms with van der Waals surface area (Å²) in [4.78, 5) is 36.9. The Morgan fingerprint density at radius 1 is 0.795 bits per heavy atom. The summed E-state index contributed by atoms with van der Waals surface area (Å²) in [6.45, 7) is 9.67. The van der Waals surface area contributed by atoms with Gasteiger partial charge in [0.05, 0.1) is 4.92 Å². The lowest BCUT2D eigenvalue weighted by molar-refractivity contribution is -0.384. The molecule has 0 aliphatic rings. The molecule has 1 atom stereocenters. The number of hydrogen-bond donors (Lipinski definition) is 4. The molecule has 0 fully saturated rings. The third kappa shape index (κ3) is 7.04. The van der Waals surface area contributed by atoms with Crippen molar-refractivity contribution in [1.82, 2.24) is 15.0 Å². The van der Waals surface area contributed by atoms with E-state index in [1.54, 1.807) is 13.0 Å². The van der Waals surface area contributed by atoms with Gasteiger partial charge in [-0.15, -0.1) is 0 Å². The number of anilines is 6. The number of non-ortho nitro benzene ring substituents is 1.